The number of carbonyl (C=O) groups excluding carboxylic acids is 1. The fraction of sp³-hybridized carbons (Fsp3) is 0.435. The highest BCUT2D eigenvalue weighted by Gasteiger charge is 2.19. The lowest BCUT2D eigenvalue weighted by molar-refractivity contribution is -0.121. The average Bonchev–Trinajstić information content (AvgIpc) is 2.76. The van der Waals surface area contributed by atoms with E-state index in [-0.39, 0.29) is 24.9 Å². The van der Waals surface area contributed by atoms with Crippen molar-refractivity contribution >= 4 is 21.6 Å². The summed E-state index contributed by atoms with van der Waals surface area (Å²) in [6.45, 7) is 5.55. The number of hydrogen-bond donors (Lipinski definition) is 1. The van der Waals surface area contributed by atoms with Gasteiger partial charge in [-0.25, -0.2) is 8.42 Å². The summed E-state index contributed by atoms with van der Waals surface area (Å²) in [5, 5.41) is 2.96. The first kappa shape index (κ1) is 23.7. The Kier molecular flexibility index (Phi) is 7.84. The minimum atomic E-state index is -3.48. The molecule has 9 heteroatoms. The van der Waals surface area contributed by atoms with E-state index in [1.54, 1.807) is 24.3 Å². The van der Waals surface area contributed by atoms with E-state index < -0.39 is 10.0 Å². The van der Waals surface area contributed by atoms with Crippen LogP contribution in [0.15, 0.2) is 42.5 Å². The Hall–Kier alpha value is -2.94. The van der Waals surface area contributed by atoms with Crippen LogP contribution in [-0.2, 0) is 14.8 Å². The fourth-order valence-electron chi connectivity index (χ4n) is 3.47. The summed E-state index contributed by atoms with van der Waals surface area (Å²) < 4.78 is 42.4. The summed E-state index contributed by atoms with van der Waals surface area (Å²) >= 11 is 0. The molecule has 0 radical (unpaired) electrons. The minimum Gasteiger partial charge on any atom is -0.494 e. The van der Waals surface area contributed by atoms with Crippen molar-refractivity contribution in [3.8, 4) is 17.2 Å². The molecule has 0 saturated carbocycles. The van der Waals surface area contributed by atoms with Gasteiger partial charge in [0.2, 0.25) is 15.9 Å². The van der Waals surface area contributed by atoms with Gasteiger partial charge in [-0.2, -0.15) is 0 Å². The molecule has 1 atom stereocenters. The average molecular weight is 463 g/mol. The van der Waals surface area contributed by atoms with E-state index in [0.717, 1.165) is 11.8 Å². The molecule has 0 bridgehead atoms. The predicted molar refractivity (Wildman–Crippen MR) is 123 cm³/mol. The first-order valence-electron chi connectivity index (χ1n) is 10.7. The summed E-state index contributed by atoms with van der Waals surface area (Å²) in [5.74, 6) is 1.91. The van der Waals surface area contributed by atoms with Crippen LogP contribution >= 0.6 is 0 Å². The van der Waals surface area contributed by atoms with Crippen LogP contribution in [0.2, 0.25) is 0 Å². The van der Waals surface area contributed by atoms with E-state index in [2.05, 4.69) is 5.32 Å². The molecule has 0 aromatic heterocycles. The highest BCUT2D eigenvalue weighted by Crippen LogP contribution is 2.32. The third-order valence-corrected chi connectivity index (χ3v) is 6.24. The number of carbonyl (C=O) groups is 1. The van der Waals surface area contributed by atoms with Crippen LogP contribution in [0.1, 0.15) is 38.3 Å². The number of anilines is 1. The number of sulfonamides is 1. The molecule has 1 aliphatic heterocycles. The van der Waals surface area contributed by atoms with E-state index in [9.17, 15) is 13.2 Å². The number of amides is 1. The lowest BCUT2D eigenvalue weighted by Gasteiger charge is -2.23. The minimum absolute atomic E-state index is 0.146. The lowest BCUT2D eigenvalue weighted by atomic mass is 10.1. The number of rotatable bonds is 10. The standard InChI is InChI=1S/C23H30N2O6S/c1-4-29-20-10-8-19(9-11-20)25(32(3,27)28)13-5-6-23(26)24-17(2)18-7-12-21-22(16-18)31-15-14-30-21/h7-12,16-17H,4-6,13-15H2,1-3H3,(H,24,26)/t17-/m0/s1. The molecule has 32 heavy (non-hydrogen) atoms. The number of nitrogens with one attached hydrogen (secondary N) is 1. The van der Waals surface area contributed by atoms with Gasteiger partial charge in [-0.3, -0.25) is 9.10 Å². The summed E-state index contributed by atoms with van der Waals surface area (Å²) in [6.07, 6.45) is 1.76. The normalized spacial score (nSPS) is 13.8. The molecular formula is C23H30N2O6S. The van der Waals surface area contributed by atoms with Gasteiger partial charge in [0.25, 0.3) is 0 Å². The van der Waals surface area contributed by atoms with E-state index in [0.29, 0.717) is 49.2 Å². The van der Waals surface area contributed by atoms with Gasteiger partial charge in [0.15, 0.2) is 11.5 Å². The molecule has 2 aromatic rings. The van der Waals surface area contributed by atoms with Gasteiger partial charge in [-0.15, -0.1) is 0 Å². The first-order valence-corrected chi connectivity index (χ1v) is 12.5. The number of benzene rings is 2. The second kappa shape index (κ2) is 10.6. The van der Waals surface area contributed by atoms with Gasteiger partial charge in [0.05, 0.1) is 24.6 Å². The quantitative estimate of drug-likeness (QED) is 0.582. The molecule has 1 heterocycles. The maximum atomic E-state index is 12.4. The maximum Gasteiger partial charge on any atom is 0.232 e. The van der Waals surface area contributed by atoms with E-state index >= 15 is 0 Å². The Balaban J connectivity index is 1.54. The molecular weight excluding hydrogens is 432 g/mol. The number of nitrogens with zero attached hydrogens (tertiary/aromatic N) is 1. The van der Waals surface area contributed by atoms with Crippen molar-refractivity contribution in [3.05, 3.63) is 48.0 Å². The molecule has 0 spiro atoms. The van der Waals surface area contributed by atoms with Crippen LogP contribution in [0.25, 0.3) is 0 Å². The van der Waals surface area contributed by atoms with Crippen molar-refractivity contribution in [3.63, 3.8) is 0 Å². The summed E-state index contributed by atoms with van der Waals surface area (Å²) in [6, 6.07) is 12.3. The molecule has 1 N–H and O–H groups in total. The molecule has 0 fully saturated rings. The predicted octanol–water partition coefficient (Wildman–Crippen LogP) is 3.28. The molecule has 0 saturated heterocycles. The van der Waals surface area contributed by atoms with Gasteiger partial charge in [0, 0.05) is 13.0 Å². The van der Waals surface area contributed by atoms with E-state index in [1.807, 2.05) is 32.0 Å². The largest absolute Gasteiger partial charge is 0.494 e. The fourth-order valence-corrected chi connectivity index (χ4v) is 4.44. The molecule has 2 aromatic carbocycles. The number of ether oxygens (including phenoxy) is 3. The van der Waals surface area contributed by atoms with Crippen molar-refractivity contribution in [2.24, 2.45) is 0 Å². The van der Waals surface area contributed by atoms with E-state index in [4.69, 9.17) is 14.2 Å². The Morgan fingerprint density at radius 3 is 2.47 bits per heavy atom. The molecule has 174 valence electrons. The van der Waals surface area contributed by atoms with Crippen LogP contribution in [-0.4, -0.2) is 46.9 Å². The Bertz CT molecular complexity index is 1020. The number of fused-ring (bicyclic) bond motifs is 1. The van der Waals surface area contributed by atoms with Crippen LogP contribution < -0.4 is 23.8 Å². The third-order valence-electron chi connectivity index (χ3n) is 5.04. The third kappa shape index (κ3) is 6.29. The second-order valence-corrected chi connectivity index (χ2v) is 9.46. The summed E-state index contributed by atoms with van der Waals surface area (Å²) in [5.41, 5.74) is 1.45. The van der Waals surface area contributed by atoms with Crippen LogP contribution in [0.3, 0.4) is 0 Å². The zero-order valence-electron chi connectivity index (χ0n) is 18.7. The van der Waals surface area contributed by atoms with Crippen LogP contribution in [0.5, 0.6) is 17.2 Å². The summed E-state index contributed by atoms with van der Waals surface area (Å²) in [7, 11) is -3.48. The van der Waals surface area contributed by atoms with Gasteiger partial charge >= 0.3 is 0 Å². The lowest BCUT2D eigenvalue weighted by Crippen LogP contribution is -2.32. The van der Waals surface area contributed by atoms with Crippen molar-refractivity contribution in [1.82, 2.24) is 5.32 Å². The highest BCUT2D eigenvalue weighted by molar-refractivity contribution is 7.92. The molecule has 3 rings (SSSR count). The Morgan fingerprint density at radius 1 is 1.12 bits per heavy atom. The Labute approximate surface area is 189 Å². The van der Waals surface area contributed by atoms with Gasteiger partial charge in [-0.05, 0) is 62.2 Å². The SMILES string of the molecule is CCOc1ccc(N(CCCC(=O)N[C@@H](C)c2ccc3c(c2)OCCO3)S(C)(=O)=O)cc1. The smallest absolute Gasteiger partial charge is 0.232 e. The topological polar surface area (TPSA) is 94.2 Å². The zero-order valence-corrected chi connectivity index (χ0v) is 19.5. The van der Waals surface area contributed by atoms with E-state index in [1.165, 1.54) is 4.31 Å². The summed E-state index contributed by atoms with van der Waals surface area (Å²) in [4.78, 5) is 12.4. The first-order chi connectivity index (χ1) is 15.3. The second-order valence-electron chi connectivity index (χ2n) is 7.56. The van der Waals surface area contributed by atoms with Gasteiger partial charge in [0.1, 0.15) is 19.0 Å². The van der Waals surface area contributed by atoms with Crippen LogP contribution in [0, 0.1) is 0 Å². The molecule has 1 aliphatic rings. The van der Waals surface area contributed by atoms with Crippen molar-refractivity contribution < 1.29 is 27.4 Å². The molecule has 0 aliphatic carbocycles. The molecule has 8 nitrogen and oxygen atoms in total. The van der Waals surface area contributed by atoms with Crippen molar-refractivity contribution in [2.75, 3.05) is 36.9 Å². The molecule has 0 unspecified atom stereocenters. The van der Waals surface area contributed by atoms with Crippen molar-refractivity contribution in [1.29, 1.82) is 0 Å². The highest BCUT2D eigenvalue weighted by atomic mass is 32.2. The van der Waals surface area contributed by atoms with Gasteiger partial charge in [-0.1, -0.05) is 6.07 Å². The van der Waals surface area contributed by atoms with Gasteiger partial charge < -0.3 is 19.5 Å². The van der Waals surface area contributed by atoms with Crippen LogP contribution in [0.4, 0.5) is 5.69 Å². The maximum absolute atomic E-state index is 12.4. The van der Waals surface area contributed by atoms with Crippen molar-refractivity contribution in [2.45, 2.75) is 32.7 Å². The zero-order chi connectivity index (χ0) is 23.1. The monoisotopic (exact) mass is 462 g/mol. The Morgan fingerprint density at radius 2 is 1.81 bits per heavy atom. The number of hydrogen-bond acceptors (Lipinski definition) is 6. The molecule has 1 amide bonds.